The van der Waals surface area contributed by atoms with Gasteiger partial charge in [0.05, 0.1) is 16.3 Å². The van der Waals surface area contributed by atoms with Gasteiger partial charge in [0, 0.05) is 4.47 Å². The summed E-state index contributed by atoms with van der Waals surface area (Å²) in [5.74, 6) is 0. The lowest BCUT2D eigenvalue weighted by atomic mass is 10.3. The number of anilines is 2. The smallest absolute Gasteiger partial charge is 0.261 e. The highest BCUT2D eigenvalue weighted by Crippen LogP contribution is 2.22. The summed E-state index contributed by atoms with van der Waals surface area (Å²) < 4.78 is 27.4. The van der Waals surface area contributed by atoms with Gasteiger partial charge in [-0.05, 0) is 36.4 Å². The minimum atomic E-state index is -3.60. The second-order valence-electron chi connectivity index (χ2n) is 3.65. The average molecular weight is 327 g/mol. The molecule has 2 rings (SSSR count). The van der Waals surface area contributed by atoms with Crippen molar-refractivity contribution in [3.63, 3.8) is 0 Å². The largest absolute Gasteiger partial charge is 0.397 e. The second-order valence-corrected chi connectivity index (χ2v) is 6.24. The SMILES string of the molecule is Nc1ccccc1NS(=O)(=O)c1ccc(Br)cc1. The summed E-state index contributed by atoms with van der Waals surface area (Å²) in [6.45, 7) is 0. The predicted molar refractivity (Wildman–Crippen MR) is 75.8 cm³/mol. The topological polar surface area (TPSA) is 72.2 Å². The highest BCUT2D eigenvalue weighted by atomic mass is 79.9. The molecule has 0 radical (unpaired) electrons. The van der Waals surface area contributed by atoms with Gasteiger partial charge in [-0.1, -0.05) is 28.1 Å². The molecule has 2 aromatic rings. The standard InChI is InChI=1S/C12H11BrN2O2S/c13-9-5-7-10(8-6-9)18(16,17)15-12-4-2-1-3-11(12)14/h1-8,15H,14H2. The Morgan fingerprint density at radius 2 is 1.61 bits per heavy atom. The summed E-state index contributed by atoms with van der Waals surface area (Å²) in [5, 5.41) is 0. The molecule has 0 aliphatic carbocycles. The monoisotopic (exact) mass is 326 g/mol. The first-order chi connectivity index (χ1) is 8.49. The zero-order chi connectivity index (χ0) is 13.2. The Kier molecular flexibility index (Phi) is 3.58. The molecule has 0 bridgehead atoms. The van der Waals surface area contributed by atoms with Crippen molar-refractivity contribution in [3.8, 4) is 0 Å². The Morgan fingerprint density at radius 1 is 1.00 bits per heavy atom. The summed E-state index contributed by atoms with van der Waals surface area (Å²) in [6.07, 6.45) is 0. The lowest BCUT2D eigenvalue weighted by Crippen LogP contribution is -2.13. The predicted octanol–water partition coefficient (Wildman–Crippen LogP) is 2.83. The summed E-state index contributed by atoms with van der Waals surface area (Å²) in [5.41, 5.74) is 6.46. The maximum atomic E-state index is 12.1. The average Bonchev–Trinajstić information content (AvgIpc) is 2.32. The number of nitrogen functional groups attached to an aromatic ring is 1. The molecule has 2 aromatic carbocycles. The highest BCUT2D eigenvalue weighted by molar-refractivity contribution is 9.10. The van der Waals surface area contributed by atoms with Gasteiger partial charge in [0.1, 0.15) is 0 Å². The maximum absolute atomic E-state index is 12.1. The number of halogens is 1. The molecule has 94 valence electrons. The molecule has 0 atom stereocenters. The number of rotatable bonds is 3. The molecule has 0 heterocycles. The van der Waals surface area contributed by atoms with Crippen LogP contribution >= 0.6 is 15.9 Å². The third-order valence-corrected chi connectivity index (χ3v) is 4.24. The molecule has 0 aliphatic heterocycles. The van der Waals surface area contributed by atoms with Crippen LogP contribution in [0.25, 0.3) is 0 Å². The van der Waals surface area contributed by atoms with Crippen molar-refractivity contribution in [3.05, 3.63) is 53.0 Å². The van der Waals surface area contributed by atoms with E-state index in [1.54, 1.807) is 36.4 Å². The third kappa shape index (κ3) is 2.83. The van der Waals surface area contributed by atoms with Crippen LogP contribution in [0.4, 0.5) is 11.4 Å². The van der Waals surface area contributed by atoms with Crippen LogP contribution in [0.15, 0.2) is 57.9 Å². The first-order valence-electron chi connectivity index (χ1n) is 5.12. The molecule has 18 heavy (non-hydrogen) atoms. The Morgan fingerprint density at radius 3 is 2.22 bits per heavy atom. The molecule has 0 aliphatic rings. The van der Waals surface area contributed by atoms with Crippen LogP contribution in [0.3, 0.4) is 0 Å². The van der Waals surface area contributed by atoms with Crippen molar-refractivity contribution in [2.24, 2.45) is 0 Å². The van der Waals surface area contributed by atoms with Crippen LogP contribution in [-0.4, -0.2) is 8.42 Å². The highest BCUT2D eigenvalue weighted by Gasteiger charge is 2.14. The van der Waals surface area contributed by atoms with Crippen molar-refractivity contribution in [1.82, 2.24) is 0 Å². The van der Waals surface area contributed by atoms with Gasteiger partial charge >= 0.3 is 0 Å². The van der Waals surface area contributed by atoms with Crippen LogP contribution in [0.2, 0.25) is 0 Å². The summed E-state index contributed by atoms with van der Waals surface area (Å²) in [4.78, 5) is 0.189. The van der Waals surface area contributed by atoms with Crippen molar-refractivity contribution in [2.45, 2.75) is 4.90 Å². The lowest BCUT2D eigenvalue weighted by Gasteiger charge is -2.10. The zero-order valence-corrected chi connectivity index (χ0v) is 11.7. The molecular weight excluding hydrogens is 316 g/mol. The van der Waals surface area contributed by atoms with Crippen molar-refractivity contribution < 1.29 is 8.42 Å². The molecule has 6 heteroatoms. The van der Waals surface area contributed by atoms with E-state index in [4.69, 9.17) is 5.73 Å². The number of para-hydroxylation sites is 2. The third-order valence-electron chi connectivity index (χ3n) is 2.33. The Balaban J connectivity index is 2.33. The minimum absolute atomic E-state index is 0.189. The molecule has 4 nitrogen and oxygen atoms in total. The van der Waals surface area contributed by atoms with Gasteiger partial charge in [0.25, 0.3) is 10.0 Å². The van der Waals surface area contributed by atoms with E-state index in [1.807, 2.05) is 0 Å². The van der Waals surface area contributed by atoms with Crippen LogP contribution in [0.5, 0.6) is 0 Å². The molecule has 0 fully saturated rings. The minimum Gasteiger partial charge on any atom is -0.397 e. The Labute approximate surface area is 114 Å². The number of hydrogen-bond acceptors (Lipinski definition) is 3. The fourth-order valence-electron chi connectivity index (χ4n) is 1.41. The van der Waals surface area contributed by atoms with Crippen molar-refractivity contribution in [1.29, 1.82) is 0 Å². The number of benzene rings is 2. The van der Waals surface area contributed by atoms with E-state index in [9.17, 15) is 8.42 Å². The first-order valence-corrected chi connectivity index (χ1v) is 7.39. The van der Waals surface area contributed by atoms with Gasteiger partial charge in [-0.2, -0.15) is 0 Å². The van der Waals surface area contributed by atoms with E-state index in [0.717, 1.165) is 4.47 Å². The molecule has 0 amide bonds. The quantitative estimate of drug-likeness (QED) is 0.852. The second kappa shape index (κ2) is 4.99. The fourth-order valence-corrected chi connectivity index (χ4v) is 2.76. The van der Waals surface area contributed by atoms with Crippen LogP contribution in [-0.2, 0) is 10.0 Å². The van der Waals surface area contributed by atoms with Crippen molar-refractivity contribution in [2.75, 3.05) is 10.5 Å². The molecule has 3 N–H and O–H groups in total. The van der Waals surface area contributed by atoms with Gasteiger partial charge in [-0.3, -0.25) is 4.72 Å². The number of nitrogens with one attached hydrogen (secondary N) is 1. The van der Waals surface area contributed by atoms with E-state index < -0.39 is 10.0 Å². The molecule has 0 unspecified atom stereocenters. The summed E-state index contributed by atoms with van der Waals surface area (Å²) in [7, 11) is -3.60. The molecule has 0 aromatic heterocycles. The summed E-state index contributed by atoms with van der Waals surface area (Å²) in [6, 6.07) is 13.1. The summed E-state index contributed by atoms with van der Waals surface area (Å²) >= 11 is 3.26. The van der Waals surface area contributed by atoms with Crippen molar-refractivity contribution >= 4 is 37.3 Å². The van der Waals surface area contributed by atoms with E-state index in [1.165, 1.54) is 12.1 Å². The van der Waals surface area contributed by atoms with E-state index in [0.29, 0.717) is 11.4 Å². The normalized spacial score (nSPS) is 11.2. The number of nitrogens with two attached hydrogens (primary N) is 1. The van der Waals surface area contributed by atoms with Gasteiger partial charge < -0.3 is 5.73 Å². The van der Waals surface area contributed by atoms with E-state index >= 15 is 0 Å². The molecule has 0 saturated heterocycles. The van der Waals surface area contributed by atoms with Crippen LogP contribution < -0.4 is 10.5 Å². The number of sulfonamides is 1. The lowest BCUT2D eigenvalue weighted by molar-refractivity contribution is 0.601. The van der Waals surface area contributed by atoms with Gasteiger partial charge in [-0.25, -0.2) is 8.42 Å². The van der Waals surface area contributed by atoms with E-state index in [-0.39, 0.29) is 4.90 Å². The Hall–Kier alpha value is -1.53. The fraction of sp³-hybridized carbons (Fsp3) is 0. The van der Waals surface area contributed by atoms with Gasteiger partial charge in [0.2, 0.25) is 0 Å². The van der Waals surface area contributed by atoms with Gasteiger partial charge in [-0.15, -0.1) is 0 Å². The van der Waals surface area contributed by atoms with Crippen LogP contribution in [0.1, 0.15) is 0 Å². The van der Waals surface area contributed by atoms with Gasteiger partial charge in [0.15, 0.2) is 0 Å². The zero-order valence-electron chi connectivity index (χ0n) is 9.30. The Bertz CT molecular complexity index is 654. The number of hydrogen-bond donors (Lipinski definition) is 2. The molecular formula is C12H11BrN2O2S. The molecule has 0 spiro atoms. The first kappa shape index (κ1) is 12.9. The maximum Gasteiger partial charge on any atom is 0.261 e. The van der Waals surface area contributed by atoms with Crippen LogP contribution in [0, 0.1) is 0 Å². The molecule has 0 saturated carbocycles. The van der Waals surface area contributed by atoms with E-state index in [2.05, 4.69) is 20.7 Å².